The van der Waals surface area contributed by atoms with E-state index in [9.17, 15) is 22.4 Å². The van der Waals surface area contributed by atoms with Crippen LogP contribution >= 0.6 is 0 Å². The summed E-state index contributed by atoms with van der Waals surface area (Å²) in [6.07, 6.45) is -0.140. The van der Waals surface area contributed by atoms with Gasteiger partial charge >= 0.3 is 6.18 Å². The molecule has 1 aromatic rings. The maximum atomic E-state index is 14.1. The van der Waals surface area contributed by atoms with Crippen LogP contribution in [-0.4, -0.2) is 72.7 Å². The molecule has 0 spiro atoms. The van der Waals surface area contributed by atoms with Crippen LogP contribution in [0.15, 0.2) is 12.1 Å². The molecule has 31 heavy (non-hydrogen) atoms. The van der Waals surface area contributed by atoms with Gasteiger partial charge in [0.05, 0.1) is 6.54 Å². The van der Waals surface area contributed by atoms with E-state index in [1.54, 1.807) is 6.07 Å². The summed E-state index contributed by atoms with van der Waals surface area (Å²) in [6.45, 7) is 3.14. The van der Waals surface area contributed by atoms with Crippen molar-refractivity contribution < 1.29 is 22.4 Å². The van der Waals surface area contributed by atoms with Crippen molar-refractivity contribution in [2.24, 2.45) is 0 Å². The summed E-state index contributed by atoms with van der Waals surface area (Å²) in [5.41, 5.74) is 2.21. The van der Waals surface area contributed by atoms with Gasteiger partial charge in [-0.1, -0.05) is 6.07 Å². The minimum Gasteiger partial charge on any atom is -0.373 e. The molecule has 4 rings (SSSR count). The van der Waals surface area contributed by atoms with Crippen LogP contribution in [0.2, 0.25) is 0 Å². The summed E-state index contributed by atoms with van der Waals surface area (Å²) in [6, 6.07) is 2.99. The minimum atomic E-state index is -4.15. The van der Waals surface area contributed by atoms with Gasteiger partial charge in [0, 0.05) is 55.9 Å². The van der Waals surface area contributed by atoms with Crippen molar-refractivity contribution in [3.8, 4) is 0 Å². The number of halogens is 4. The van der Waals surface area contributed by atoms with Crippen LogP contribution in [0.5, 0.6) is 0 Å². The number of carbonyl (C=O) groups is 1. The number of alkyl halides is 3. The van der Waals surface area contributed by atoms with Crippen molar-refractivity contribution in [2.75, 3.05) is 38.0 Å². The molecule has 172 valence electrons. The van der Waals surface area contributed by atoms with Crippen molar-refractivity contribution in [1.29, 1.82) is 0 Å². The number of hydrogen-bond donors (Lipinski definition) is 2. The fourth-order valence-corrected chi connectivity index (χ4v) is 5.20. The summed E-state index contributed by atoms with van der Waals surface area (Å²) in [5, 5.41) is 6.30. The first-order valence-corrected chi connectivity index (χ1v) is 11.1. The summed E-state index contributed by atoms with van der Waals surface area (Å²) in [7, 11) is 0. The largest absolute Gasteiger partial charge is 0.401 e. The molecule has 3 atom stereocenters. The number of nitrogens with one attached hydrogen (secondary N) is 2. The molecule has 2 N–H and O–H groups in total. The van der Waals surface area contributed by atoms with E-state index in [1.165, 1.54) is 11.0 Å². The quantitative estimate of drug-likeness (QED) is 0.704. The molecule has 3 aliphatic rings. The zero-order valence-corrected chi connectivity index (χ0v) is 17.8. The summed E-state index contributed by atoms with van der Waals surface area (Å²) < 4.78 is 51.9. The smallest absolute Gasteiger partial charge is 0.373 e. The molecular formula is C22H30F4N4O. The molecule has 0 radical (unpaired) electrons. The number of nitrogens with zero attached hydrogens (tertiary/aromatic N) is 2. The molecule has 1 aromatic carbocycles. The number of piperazine rings is 1. The normalized spacial score (nSPS) is 27.6. The van der Waals surface area contributed by atoms with Crippen LogP contribution in [-0.2, 0) is 11.2 Å². The first kappa shape index (κ1) is 22.3. The molecule has 5 nitrogen and oxygen atoms in total. The van der Waals surface area contributed by atoms with Crippen molar-refractivity contribution in [1.82, 2.24) is 15.1 Å². The molecule has 1 saturated carbocycles. The van der Waals surface area contributed by atoms with Crippen molar-refractivity contribution in [3.05, 3.63) is 29.1 Å². The Labute approximate surface area is 180 Å². The predicted molar refractivity (Wildman–Crippen MR) is 111 cm³/mol. The van der Waals surface area contributed by atoms with E-state index in [0.29, 0.717) is 38.2 Å². The number of rotatable bonds is 4. The standard InChI is InChI=1S/C22H30F4N4O/c1-14-5-6-18(23)17-12-19(28-20(14)17)21(31)27-15-3-2-4-16(11-15)30-9-7-29(8-10-30)13-22(24,25)26/h5-6,15-16,19,28H,2-4,7-13H2,1H3,(H,27,31)/t15-,16-,19?/m1/s1. The average Bonchev–Trinajstić information content (AvgIpc) is 3.18. The van der Waals surface area contributed by atoms with E-state index in [-0.39, 0.29) is 23.8 Å². The number of carbonyl (C=O) groups excluding carboxylic acids is 1. The number of amides is 1. The van der Waals surface area contributed by atoms with Gasteiger partial charge in [-0.25, -0.2) is 4.39 Å². The van der Waals surface area contributed by atoms with E-state index in [0.717, 1.165) is 36.9 Å². The van der Waals surface area contributed by atoms with Crippen molar-refractivity contribution in [2.45, 2.75) is 63.3 Å². The Hall–Kier alpha value is -1.87. The van der Waals surface area contributed by atoms with Crippen molar-refractivity contribution in [3.63, 3.8) is 0 Å². The Morgan fingerprint density at radius 1 is 1.19 bits per heavy atom. The molecule has 0 bridgehead atoms. The first-order chi connectivity index (χ1) is 14.7. The Balaban J connectivity index is 1.28. The number of anilines is 1. The lowest BCUT2D eigenvalue weighted by Gasteiger charge is -2.42. The minimum absolute atomic E-state index is 0.0379. The lowest BCUT2D eigenvalue weighted by atomic mass is 9.89. The molecule has 2 aliphatic heterocycles. The molecule has 1 unspecified atom stereocenters. The van der Waals surface area contributed by atoms with E-state index >= 15 is 0 Å². The van der Waals surface area contributed by atoms with E-state index < -0.39 is 18.8 Å². The average molecular weight is 443 g/mol. The van der Waals surface area contributed by atoms with Gasteiger partial charge in [0.15, 0.2) is 0 Å². The van der Waals surface area contributed by atoms with Crippen LogP contribution in [0.3, 0.4) is 0 Å². The lowest BCUT2D eigenvalue weighted by molar-refractivity contribution is -0.150. The van der Waals surface area contributed by atoms with Crippen LogP contribution < -0.4 is 10.6 Å². The highest BCUT2D eigenvalue weighted by Gasteiger charge is 2.36. The number of benzene rings is 1. The highest BCUT2D eigenvalue weighted by molar-refractivity contribution is 5.88. The zero-order chi connectivity index (χ0) is 22.2. The van der Waals surface area contributed by atoms with Crippen LogP contribution in [0.4, 0.5) is 23.2 Å². The van der Waals surface area contributed by atoms with Gasteiger partial charge in [0.1, 0.15) is 11.9 Å². The zero-order valence-electron chi connectivity index (χ0n) is 17.8. The summed E-state index contributed by atoms with van der Waals surface area (Å²) in [5.74, 6) is -0.401. The Kier molecular flexibility index (Phi) is 6.44. The molecular weight excluding hydrogens is 412 g/mol. The Morgan fingerprint density at radius 2 is 1.94 bits per heavy atom. The van der Waals surface area contributed by atoms with Crippen molar-refractivity contribution >= 4 is 11.6 Å². The van der Waals surface area contributed by atoms with Gasteiger partial charge < -0.3 is 10.6 Å². The topological polar surface area (TPSA) is 47.6 Å². The SMILES string of the molecule is Cc1ccc(F)c2c1NC(C(=O)N[C@@H]1CCC[C@@H](N3CCN(CC(F)(F)F)CC3)C1)C2. The molecule has 1 aliphatic carbocycles. The maximum absolute atomic E-state index is 14.1. The third-order valence-corrected chi connectivity index (χ3v) is 6.83. The van der Waals surface area contributed by atoms with Crippen LogP contribution in [0.1, 0.15) is 36.8 Å². The van der Waals surface area contributed by atoms with Gasteiger partial charge in [-0.3, -0.25) is 14.6 Å². The molecule has 9 heteroatoms. The third kappa shape index (κ3) is 5.31. The van der Waals surface area contributed by atoms with Gasteiger partial charge in [0.25, 0.3) is 0 Å². The molecule has 0 aromatic heterocycles. The highest BCUT2D eigenvalue weighted by Crippen LogP contribution is 2.32. The van der Waals surface area contributed by atoms with Gasteiger partial charge in [-0.2, -0.15) is 13.2 Å². The lowest BCUT2D eigenvalue weighted by Crippen LogP contribution is -2.55. The first-order valence-electron chi connectivity index (χ1n) is 11.1. The Bertz CT molecular complexity index is 776. The molecule has 2 heterocycles. The maximum Gasteiger partial charge on any atom is 0.401 e. The highest BCUT2D eigenvalue weighted by atomic mass is 19.4. The summed E-state index contributed by atoms with van der Waals surface area (Å²) >= 11 is 0. The number of hydrogen-bond acceptors (Lipinski definition) is 4. The van der Waals surface area contributed by atoms with E-state index in [2.05, 4.69) is 15.5 Å². The second-order valence-electron chi connectivity index (χ2n) is 9.07. The summed E-state index contributed by atoms with van der Waals surface area (Å²) in [4.78, 5) is 16.6. The second-order valence-corrected chi connectivity index (χ2v) is 9.07. The number of aryl methyl sites for hydroxylation is 1. The van der Waals surface area contributed by atoms with Gasteiger partial charge in [-0.05, 0) is 44.2 Å². The van der Waals surface area contributed by atoms with Crippen LogP contribution in [0.25, 0.3) is 0 Å². The molecule has 1 saturated heterocycles. The fraction of sp³-hybridized carbons (Fsp3) is 0.682. The second kappa shape index (κ2) is 8.94. The number of fused-ring (bicyclic) bond motifs is 1. The van der Waals surface area contributed by atoms with Gasteiger partial charge in [0.2, 0.25) is 5.91 Å². The monoisotopic (exact) mass is 442 g/mol. The van der Waals surface area contributed by atoms with E-state index in [4.69, 9.17) is 0 Å². The van der Waals surface area contributed by atoms with Crippen LogP contribution in [0, 0.1) is 12.7 Å². The Morgan fingerprint density at radius 3 is 2.61 bits per heavy atom. The third-order valence-electron chi connectivity index (χ3n) is 6.83. The predicted octanol–water partition coefficient (Wildman–Crippen LogP) is 3.08. The van der Waals surface area contributed by atoms with E-state index in [1.807, 2.05) is 6.92 Å². The van der Waals surface area contributed by atoms with Gasteiger partial charge in [-0.15, -0.1) is 0 Å². The molecule has 2 fully saturated rings. The fourth-order valence-electron chi connectivity index (χ4n) is 5.20. The molecule has 1 amide bonds.